The first-order valence-electron chi connectivity index (χ1n) is 6.23. The normalized spacial score (nSPS) is 10.2. The molecule has 1 heterocycles. The minimum absolute atomic E-state index is 0.241. The summed E-state index contributed by atoms with van der Waals surface area (Å²) < 4.78 is 0. The lowest BCUT2D eigenvalue weighted by atomic mass is 10.1. The third-order valence-electron chi connectivity index (χ3n) is 2.92. The van der Waals surface area contributed by atoms with Crippen LogP contribution in [-0.4, -0.2) is 17.9 Å². The average Bonchev–Trinajstić information content (AvgIpc) is 2.42. The molecule has 1 amide bonds. The predicted octanol–water partition coefficient (Wildman–Crippen LogP) is 3.65. The Labute approximate surface area is 123 Å². The molecule has 0 spiro atoms. The minimum atomic E-state index is -0.241. The van der Waals surface area contributed by atoms with Crippen molar-refractivity contribution in [3.05, 3.63) is 52.3 Å². The van der Waals surface area contributed by atoms with Gasteiger partial charge in [-0.3, -0.25) is 9.78 Å². The summed E-state index contributed by atoms with van der Waals surface area (Å²) in [6.07, 6.45) is 1.56. The Balaban J connectivity index is 2.30. The first-order valence-corrected chi connectivity index (χ1v) is 6.61. The molecule has 0 fully saturated rings. The maximum atomic E-state index is 12.3. The molecule has 1 aromatic carbocycles. The number of aromatic nitrogens is 1. The van der Waals surface area contributed by atoms with Gasteiger partial charge in [0.15, 0.2) is 0 Å². The lowest BCUT2D eigenvalue weighted by Crippen LogP contribution is -2.15. The number of carbonyl (C=O) groups excluding carboxylic acids is 1. The highest BCUT2D eigenvalue weighted by atomic mass is 35.5. The lowest BCUT2D eigenvalue weighted by molar-refractivity contribution is 0.102. The Bertz CT molecular complexity index is 656. The molecule has 2 rings (SSSR count). The Hall–Kier alpha value is -2.07. The molecule has 0 saturated carbocycles. The molecule has 1 aromatic heterocycles. The summed E-state index contributed by atoms with van der Waals surface area (Å²) in [6.45, 7) is 3.82. The first kappa shape index (κ1) is 14.3. The molecule has 0 radical (unpaired) electrons. The summed E-state index contributed by atoms with van der Waals surface area (Å²) in [5.74, 6) is -0.241. The van der Waals surface area contributed by atoms with Gasteiger partial charge in [-0.25, -0.2) is 0 Å². The van der Waals surface area contributed by atoms with E-state index in [4.69, 9.17) is 11.6 Å². The number of nitrogens with one attached hydrogen (secondary N) is 2. The molecule has 0 saturated heterocycles. The monoisotopic (exact) mass is 289 g/mol. The zero-order valence-corrected chi connectivity index (χ0v) is 12.4. The van der Waals surface area contributed by atoms with Crippen LogP contribution in [0.2, 0.25) is 5.02 Å². The quantitative estimate of drug-likeness (QED) is 0.907. The fourth-order valence-corrected chi connectivity index (χ4v) is 2.04. The summed E-state index contributed by atoms with van der Waals surface area (Å²) >= 11 is 6.08. The zero-order valence-electron chi connectivity index (χ0n) is 11.6. The van der Waals surface area contributed by atoms with E-state index in [-0.39, 0.29) is 5.91 Å². The first-order chi connectivity index (χ1) is 9.51. The summed E-state index contributed by atoms with van der Waals surface area (Å²) in [5.41, 5.74) is 3.69. The molecule has 2 N–H and O–H groups in total. The van der Waals surface area contributed by atoms with Gasteiger partial charge in [-0.2, -0.15) is 0 Å². The molecule has 104 valence electrons. The number of benzene rings is 1. The maximum absolute atomic E-state index is 12.3. The number of aryl methyl sites for hydroxylation is 2. The van der Waals surface area contributed by atoms with E-state index in [1.165, 1.54) is 0 Å². The second-order valence-electron chi connectivity index (χ2n) is 4.56. The Kier molecular flexibility index (Phi) is 4.25. The molecular formula is C15H16ClN3O. The van der Waals surface area contributed by atoms with Gasteiger partial charge in [-0.1, -0.05) is 17.7 Å². The topological polar surface area (TPSA) is 54.0 Å². The van der Waals surface area contributed by atoms with Gasteiger partial charge >= 0.3 is 0 Å². The lowest BCUT2D eigenvalue weighted by Gasteiger charge is -2.11. The van der Waals surface area contributed by atoms with Crippen molar-refractivity contribution >= 4 is 28.9 Å². The van der Waals surface area contributed by atoms with Crippen LogP contribution >= 0.6 is 11.6 Å². The van der Waals surface area contributed by atoms with Crippen molar-refractivity contribution in [1.82, 2.24) is 4.98 Å². The summed E-state index contributed by atoms with van der Waals surface area (Å²) in [5, 5.41) is 6.32. The van der Waals surface area contributed by atoms with Crippen LogP contribution in [0.4, 0.5) is 11.4 Å². The fourth-order valence-electron chi connectivity index (χ4n) is 1.87. The van der Waals surface area contributed by atoms with Crippen LogP contribution < -0.4 is 10.6 Å². The van der Waals surface area contributed by atoms with Crippen LogP contribution in [0.5, 0.6) is 0 Å². The summed E-state index contributed by atoms with van der Waals surface area (Å²) in [4.78, 5) is 16.5. The molecular weight excluding hydrogens is 274 g/mol. The number of halogens is 1. The molecule has 0 bridgehead atoms. The minimum Gasteiger partial charge on any atom is -0.387 e. The van der Waals surface area contributed by atoms with Crippen LogP contribution in [0.25, 0.3) is 0 Å². The van der Waals surface area contributed by atoms with Crippen molar-refractivity contribution in [2.75, 3.05) is 17.7 Å². The smallest absolute Gasteiger partial charge is 0.259 e. The van der Waals surface area contributed by atoms with Gasteiger partial charge in [0.1, 0.15) is 0 Å². The van der Waals surface area contributed by atoms with Crippen LogP contribution in [0.15, 0.2) is 30.5 Å². The average molecular weight is 290 g/mol. The van der Waals surface area contributed by atoms with Crippen molar-refractivity contribution in [2.45, 2.75) is 13.8 Å². The Morgan fingerprint density at radius 1 is 1.20 bits per heavy atom. The Morgan fingerprint density at radius 3 is 2.65 bits per heavy atom. The van der Waals surface area contributed by atoms with Crippen molar-refractivity contribution < 1.29 is 4.79 Å². The number of hydrogen-bond acceptors (Lipinski definition) is 3. The van der Waals surface area contributed by atoms with E-state index in [1.54, 1.807) is 19.3 Å². The number of pyridine rings is 1. The van der Waals surface area contributed by atoms with Crippen LogP contribution in [0.1, 0.15) is 21.6 Å². The standard InChI is InChI=1S/C15H16ClN3O/c1-9-4-5-12(16)14(6-9)19-15(20)11-8-18-10(2)7-13(11)17-3/h4-8H,1-3H3,(H,17,18)(H,19,20). The maximum Gasteiger partial charge on any atom is 0.259 e. The van der Waals surface area contributed by atoms with Gasteiger partial charge in [0, 0.05) is 18.9 Å². The number of rotatable bonds is 3. The summed E-state index contributed by atoms with van der Waals surface area (Å²) in [6, 6.07) is 7.32. The largest absolute Gasteiger partial charge is 0.387 e. The van der Waals surface area contributed by atoms with E-state index >= 15 is 0 Å². The van der Waals surface area contributed by atoms with Gasteiger partial charge in [-0.05, 0) is 37.6 Å². The molecule has 2 aromatic rings. The van der Waals surface area contributed by atoms with E-state index in [0.717, 1.165) is 16.9 Å². The van der Waals surface area contributed by atoms with E-state index in [0.29, 0.717) is 16.3 Å². The van der Waals surface area contributed by atoms with Gasteiger partial charge in [0.05, 0.1) is 22.0 Å². The third kappa shape index (κ3) is 3.08. The molecule has 0 aliphatic carbocycles. The van der Waals surface area contributed by atoms with Gasteiger partial charge in [0.25, 0.3) is 5.91 Å². The van der Waals surface area contributed by atoms with Crippen molar-refractivity contribution in [3.8, 4) is 0 Å². The molecule has 0 aliphatic rings. The predicted molar refractivity (Wildman–Crippen MR) is 82.7 cm³/mol. The molecule has 5 heteroatoms. The highest BCUT2D eigenvalue weighted by Crippen LogP contribution is 2.24. The van der Waals surface area contributed by atoms with Crippen molar-refractivity contribution in [2.24, 2.45) is 0 Å². The molecule has 0 atom stereocenters. The third-order valence-corrected chi connectivity index (χ3v) is 3.25. The SMILES string of the molecule is CNc1cc(C)ncc1C(=O)Nc1cc(C)ccc1Cl. The number of anilines is 2. The van der Waals surface area contributed by atoms with Crippen LogP contribution in [-0.2, 0) is 0 Å². The van der Waals surface area contributed by atoms with Crippen molar-refractivity contribution in [3.63, 3.8) is 0 Å². The zero-order chi connectivity index (χ0) is 14.7. The molecule has 4 nitrogen and oxygen atoms in total. The Morgan fingerprint density at radius 2 is 1.95 bits per heavy atom. The van der Waals surface area contributed by atoms with E-state index in [9.17, 15) is 4.79 Å². The number of nitrogens with zero attached hydrogens (tertiary/aromatic N) is 1. The fraction of sp³-hybridized carbons (Fsp3) is 0.200. The van der Waals surface area contributed by atoms with Gasteiger partial charge < -0.3 is 10.6 Å². The van der Waals surface area contributed by atoms with E-state index in [1.807, 2.05) is 32.0 Å². The van der Waals surface area contributed by atoms with Crippen molar-refractivity contribution in [1.29, 1.82) is 0 Å². The van der Waals surface area contributed by atoms with Crippen LogP contribution in [0.3, 0.4) is 0 Å². The molecule has 0 unspecified atom stereocenters. The van der Waals surface area contributed by atoms with Crippen LogP contribution in [0, 0.1) is 13.8 Å². The number of amides is 1. The second-order valence-corrected chi connectivity index (χ2v) is 4.97. The molecule has 20 heavy (non-hydrogen) atoms. The number of hydrogen-bond donors (Lipinski definition) is 2. The summed E-state index contributed by atoms with van der Waals surface area (Å²) in [7, 11) is 1.77. The van der Waals surface area contributed by atoms with E-state index < -0.39 is 0 Å². The van der Waals surface area contributed by atoms with Gasteiger partial charge in [0.2, 0.25) is 0 Å². The second kappa shape index (κ2) is 5.92. The highest BCUT2D eigenvalue weighted by Gasteiger charge is 2.13. The highest BCUT2D eigenvalue weighted by molar-refractivity contribution is 6.34. The molecule has 0 aliphatic heterocycles. The van der Waals surface area contributed by atoms with Gasteiger partial charge in [-0.15, -0.1) is 0 Å². The number of carbonyl (C=O) groups is 1. The van der Waals surface area contributed by atoms with E-state index in [2.05, 4.69) is 15.6 Å².